The van der Waals surface area contributed by atoms with Crippen LogP contribution in [0.15, 0.2) is 63.2 Å². The molecule has 4 rings (SSSR count). The van der Waals surface area contributed by atoms with E-state index in [9.17, 15) is 9.59 Å². The highest BCUT2D eigenvalue weighted by molar-refractivity contribution is 7.99. The Morgan fingerprint density at radius 2 is 2.13 bits per heavy atom. The predicted molar refractivity (Wildman–Crippen MR) is 121 cm³/mol. The van der Waals surface area contributed by atoms with Crippen LogP contribution in [-0.2, 0) is 11.3 Å². The number of rotatable bonds is 7. The van der Waals surface area contributed by atoms with Gasteiger partial charge in [0.1, 0.15) is 11.6 Å². The van der Waals surface area contributed by atoms with Crippen molar-refractivity contribution >= 4 is 46.0 Å². The van der Waals surface area contributed by atoms with Crippen LogP contribution < -0.4 is 10.9 Å². The van der Waals surface area contributed by atoms with Crippen molar-refractivity contribution in [1.29, 1.82) is 0 Å². The highest BCUT2D eigenvalue weighted by Gasteiger charge is 2.16. The first kappa shape index (κ1) is 21.2. The maximum absolute atomic E-state index is 13.1. The topological polar surface area (TPSA) is 95.0 Å². The molecular formula is C21H20ClN5O3S. The standard InChI is InChI=1S/C21H20ClN5O3S/c1-13(2)27-18(7-8-23-27)25-19(28)12-31-21-24-17-10-14(22)5-6-16(17)20(29)26(21)11-15-4-3-9-30-15/h3-10,13H,11-12H2,1-2H3,(H,25,28). The van der Waals surface area contributed by atoms with Gasteiger partial charge in [-0.3, -0.25) is 14.2 Å². The smallest absolute Gasteiger partial charge is 0.262 e. The molecule has 160 valence electrons. The van der Waals surface area contributed by atoms with Gasteiger partial charge in [-0.05, 0) is 44.2 Å². The van der Waals surface area contributed by atoms with E-state index in [-0.39, 0.29) is 29.8 Å². The lowest BCUT2D eigenvalue weighted by atomic mass is 10.2. The van der Waals surface area contributed by atoms with E-state index in [1.165, 1.54) is 16.3 Å². The quantitative estimate of drug-likeness (QED) is 0.330. The summed E-state index contributed by atoms with van der Waals surface area (Å²) >= 11 is 7.26. The van der Waals surface area contributed by atoms with E-state index in [1.807, 2.05) is 13.8 Å². The molecule has 0 atom stereocenters. The molecule has 31 heavy (non-hydrogen) atoms. The number of carbonyl (C=O) groups is 1. The summed E-state index contributed by atoms with van der Waals surface area (Å²) in [5.41, 5.74) is 0.257. The lowest BCUT2D eigenvalue weighted by Crippen LogP contribution is -2.25. The molecule has 1 N–H and O–H groups in total. The Balaban J connectivity index is 1.61. The van der Waals surface area contributed by atoms with Crippen molar-refractivity contribution in [3.63, 3.8) is 0 Å². The molecule has 0 bridgehead atoms. The first-order valence-corrected chi connectivity index (χ1v) is 11.0. The van der Waals surface area contributed by atoms with E-state index in [2.05, 4.69) is 15.4 Å². The minimum absolute atomic E-state index is 0.0694. The van der Waals surface area contributed by atoms with Crippen LogP contribution in [0.2, 0.25) is 5.02 Å². The number of hydrogen-bond acceptors (Lipinski definition) is 6. The number of anilines is 1. The van der Waals surface area contributed by atoms with Gasteiger partial charge in [0.25, 0.3) is 5.56 Å². The Morgan fingerprint density at radius 3 is 2.87 bits per heavy atom. The fourth-order valence-electron chi connectivity index (χ4n) is 3.12. The first-order chi connectivity index (χ1) is 14.9. The van der Waals surface area contributed by atoms with Crippen LogP contribution in [0.5, 0.6) is 0 Å². The summed E-state index contributed by atoms with van der Waals surface area (Å²) in [5.74, 6) is 1.08. The average Bonchev–Trinajstić information content (AvgIpc) is 3.40. The van der Waals surface area contributed by atoms with Crippen LogP contribution in [0.25, 0.3) is 10.9 Å². The molecule has 1 amide bonds. The van der Waals surface area contributed by atoms with E-state index in [0.717, 1.165) is 0 Å². The second-order valence-electron chi connectivity index (χ2n) is 7.12. The molecule has 0 saturated heterocycles. The second kappa shape index (κ2) is 8.99. The van der Waals surface area contributed by atoms with Crippen LogP contribution in [0.3, 0.4) is 0 Å². The summed E-state index contributed by atoms with van der Waals surface area (Å²) < 4.78 is 8.64. The molecule has 0 saturated carbocycles. The predicted octanol–water partition coefficient (Wildman–Crippen LogP) is 4.20. The molecule has 3 heterocycles. The minimum atomic E-state index is -0.225. The van der Waals surface area contributed by atoms with Crippen molar-refractivity contribution in [2.75, 3.05) is 11.1 Å². The zero-order valence-corrected chi connectivity index (χ0v) is 18.5. The number of benzene rings is 1. The van der Waals surface area contributed by atoms with Crippen LogP contribution in [0, 0.1) is 0 Å². The van der Waals surface area contributed by atoms with Crippen molar-refractivity contribution in [2.45, 2.75) is 31.6 Å². The SMILES string of the molecule is CC(C)n1nccc1NC(=O)CSc1nc2cc(Cl)ccc2c(=O)n1Cc1ccco1. The van der Waals surface area contributed by atoms with E-state index >= 15 is 0 Å². The molecule has 3 aromatic heterocycles. The zero-order chi connectivity index (χ0) is 22.0. The number of amides is 1. The van der Waals surface area contributed by atoms with Crippen LogP contribution in [0.4, 0.5) is 5.82 Å². The number of nitrogens with zero attached hydrogens (tertiary/aromatic N) is 4. The molecule has 0 radical (unpaired) electrons. The number of halogens is 1. The molecule has 0 fully saturated rings. The lowest BCUT2D eigenvalue weighted by molar-refractivity contribution is -0.113. The third kappa shape index (κ3) is 4.67. The lowest BCUT2D eigenvalue weighted by Gasteiger charge is -2.13. The Morgan fingerprint density at radius 1 is 1.29 bits per heavy atom. The summed E-state index contributed by atoms with van der Waals surface area (Å²) in [6.45, 7) is 4.17. The number of aromatic nitrogens is 4. The highest BCUT2D eigenvalue weighted by atomic mass is 35.5. The van der Waals surface area contributed by atoms with Gasteiger partial charge < -0.3 is 9.73 Å². The maximum atomic E-state index is 13.1. The molecule has 0 spiro atoms. The second-order valence-corrected chi connectivity index (χ2v) is 8.50. The minimum Gasteiger partial charge on any atom is -0.467 e. The third-order valence-corrected chi connectivity index (χ3v) is 5.75. The monoisotopic (exact) mass is 457 g/mol. The summed E-state index contributed by atoms with van der Waals surface area (Å²) in [6, 6.07) is 10.3. The molecule has 1 aromatic carbocycles. The van der Waals surface area contributed by atoms with Gasteiger partial charge in [0, 0.05) is 17.1 Å². The van der Waals surface area contributed by atoms with E-state index < -0.39 is 0 Å². The first-order valence-electron chi connectivity index (χ1n) is 9.61. The fourth-order valence-corrected chi connectivity index (χ4v) is 4.08. The van der Waals surface area contributed by atoms with Gasteiger partial charge in [-0.2, -0.15) is 5.10 Å². The molecule has 0 aliphatic heterocycles. The van der Waals surface area contributed by atoms with Gasteiger partial charge in [-0.15, -0.1) is 0 Å². The van der Waals surface area contributed by atoms with Crippen LogP contribution >= 0.6 is 23.4 Å². The van der Waals surface area contributed by atoms with Gasteiger partial charge >= 0.3 is 0 Å². The summed E-state index contributed by atoms with van der Waals surface area (Å²) in [5, 5.41) is 8.41. The summed E-state index contributed by atoms with van der Waals surface area (Å²) in [6.07, 6.45) is 3.19. The third-order valence-electron chi connectivity index (χ3n) is 4.54. The summed E-state index contributed by atoms with van der Waals surface area (Å²) in [4.78, 5) is 30.3. The number of carbonyl (C=O) groups excluding carboxylic acids is 1. The van der Waals surface area contributed by atoms with Gasteiger partial charge in [-0.1, -0.05) is 23.4 Å². The van der Waals surface area contributed by atoms with Gasteiger partial charge in [0.2, 0.25) is 5.91 Å². The van der Waals surface area contributed by atoms with E-state index in [1.54, 1.807) is 53.5 Å². The zero-order valence-electron chi connectivity index (χ0n) is 16.9. The summed E-state index contributed by atoms with van der Waals surface area (Å²) in [7, 11) is 0. The molecule has 0 unspecified atom stereocenters. The van der Waals surface area contributed by atoms with Crippen molar-refractivity contribution in [3.05, 3.63) is 70.0 Å². The van der Waals surface area contributed by atoms with Crippen molar-refractivity contribution < 1.29 is 9.21 Å². The van der Waals surface area contributed by atoms with Gasteiger partial charge in [0.05, 0.1) is 35.7 Å². The molecule has 10 heteroatoms. The Hall–Kier alpha value is -3.04. The van der Waals surface area contributed by atoms with Gasteiger partial charge in [-0.25, -0.2) is 9.67 Å². The molecule has 0 aliphatic carbocycles. The number of fused-ring (bicyclic) bond motifs is 1. The number of hydrogen-bond donors (Lipinski definition) is 1. The molecule has 8 nitrogen and oxygen atoms in total. The molecular weight excluding hydrogens is 438 g/mol. The van der Waals surface area contributed by atoms with Crippen molar-refractivity contribution in [1.82, 2.24) is 19.3 Å². The van der Waals surface area contributed by atoms with Crippen LogP contribution in [0.1, 0.15) is 25.6 Å². The highest BCUT2D eigenvalue weighted by Crippen LogP contribution is 2.22. The van der Waals surface area contributed by atoms with E-state index in [4.69, 9.17) is 16.0 Å². The Bertz CT molecular complexity index is 1280. The van der Waals surface area contributed by atoms with Crippen LogP contribution in [-0.4, -0.2) is 31.0 Å². The largest absolute Gasteiger partial charge is 0.467 e. The normalized spacial score (nSPS) is 11.4. The van der Waals surface area contributed by atoms with Crippen molar-refractivity contribution in [2.24, 2.45) is 0 Å². The Labute approximate surface area is 187 Å². The number of furan rings is 1. The molecule has 4 aromatic rings. The number of nitrogens with one attached hydrogen (secondary N) is 1. The average molecular weight is 458 g/mol. The van der Waals surface area contributed by atoms with E-state index in [0.29, 0.717) is 32.7 Å². The van der Waals surface area contributed by atoms with Gasteiger partial charge in [0.15, 0.2) is 5.16 Å². The van der Waals surface area contributed by atoms with Crippen molar-refractivity contribution in [3.8, 4) is 0 Å². The Kier molecular flexibility index (Phi) is 6.15. The number of thioether (sulfide) groups is 1. The maximum Gasteiger partial charge on any atom is 0.262 e. The fraction of sp³-hybridized carbons (Fsp3) is 0.238. The molecule has 0 aliphatic rings.